The van der Waals surface area contributed by atoms with E-state index in [-0.39, 0.29) is 0 Å². The van der Waals surface area contributed by atoms with Crippen LogP contribution >= 0.6 is 28.1 Å². The van der Waals surface area contributed by atoms with Crippen LogP contribution in [0.5, 0.6) is 5.75 Å². The minimum Gasteiger partial charge on any atom is -0.489 e. The zero-order valence-corrected chi connectivity index (χ0v) is 17.6. The van der Waals surface area contributed by atoms with Gasteiger partial charge >= 0.3 is 0 Å². The molecule has 1 aliphatic rings. The van der Waals surface area contributed by atoms with Gasteiger partial charge in [0.15, 0.2) is 5.11 Å². The Bertz CT molecular complexity index is 776. The molecule has 0 aromatic heterocycles. The SMILES string of the molecule is S=C(N/N=C\c1cc(OCc2ccccc2)ccc1Br)NC1CCCCC1. The quantitative estimate of drug-likeness (QED) is 0.366. The number of hydrazone groups is 1. The lowest BCUT2D eigenvalue weighted by Gasteiger charge is -2.23. The lowest BCUT2D eigenvalue weighted by molar-refractivity contribution is 0.306. The minimum absolute atomic E-state index is 0.468. The summed E-state index contributed by atoms with van der Waals surface area (Å²) >= 11 is 8.88. The van der Waals surface area contributed by atoms with Crippen molar-refractivity contribution in [1.82, 2.24) is 10.7 Å². The standard InChI is InChI=1S/C21H24BrN3OS/c22-20-12-11-19(26-15-16-7-3-1-4-8-16)13-17(20)14-23-25-21(27)24-18-9-5-2-6-10-18/h1,3-4,7-8,11-14,18H,2,5-6,9-10,15H2,(H2,24,25,27)/b23-14-. The van der Waals surface area contributed by atoms with Crippen LogP contribution in [-0.2, 0) is 6.61 Å². The second kappa shape index (κ2) is 10.4. The summed E-state index contributed by atoms with van der Waals surface area (Å²) in [4.78, 5) is 0. The molecule has 1 fully saturated rings. The first-order valence-corrected chi connectivity index (χ1v) is 10.5. The summed E-state index contributed by atoms with van der Waals surface area (Å²) in [5.41, 5.74) is 4.97. The third-order valence-electron chi connectivity index (χ3n) is 4.53. The van der Waals surface area contributed by atoms with Crippen molar-refractivity contribution in [3.63, 3.8) is 0 Å². The zero-order chi connectivity index (χ0) is 18.9. The molecule has 0 radical (unpaired) electrons. The first-order chi connectivity index (χ1) is 13.2. The van der Waals surface area contributed by atoms with Gasteiger partial charge in [0.05, 0.1) is 6.21 Å². The van der Waals surface area contributed by atoms with Crippen LogP contribution in [0.15, 0.2) is 58.1 Å². The van der Waals surface area contributed by atoms with Crippen molar-refractivity contribution < 1.29 is 4.74 Å². The van der Waals surface area contributed by atoms with Crippen LogP contribution in [0.25, 0.3) is 0 Å². The van der Waals surface area contributed by atoms with Crippen molar-refractivity contribution in [1.29, 1.82) is 0 Å². The molecule has 2 aromatic carbocycles. The molecule has 0 atom stereocenters. The number of hydrogen-bond donors (Lipinski definition) is 2. The largest absolute Gasteiger partial charge is 0.489 e. The van der Waals surface area contributed by atoms with Gasteiger partial charge in [-0.1, -0.05) is 65.5 Å². The number of halogens is 1. The highest BCUT2D eigenvalue weighted by atomic mass is 79.9. The summed E-state index contributed by atoms with van der Waals surface area (Å²) in [5, 5.41) is 8.18. The average molecular weight is 446 g/mol. The Hall–Kier alpha value is -1.92. The summed E-state index contributed by atoms with van der Waals surface area (Å²) in [6.45, 7) is 0.534. The van der Waals surface area contributed by atoms with Crippen LogP contribution in [0, 0.1) is 0 Å². The van der Waals surface area contributed by atoms with Gasteiger partial charge in [0.2, 0.25) is 0 Å². The van der Waals surface area contributed by atoms with E-state index in [1.807, 2.05) is 48.5 Å². The lowest BCUT2D eigenvalue weighted by atomic mass is 9.96. The predicted octanol–water partition coefficient (Wildman–Crippen LogP) is 5.16. The Balaban J connectivity index is 1.52. The Morgan fingerprint density at radius 1 is 1.15 bits per heavy atom. The van der Waals surface area contributed by atoms with E-state index >= 15 is 0 Å². The first kappa shape index (κ1) is 19.8. The van der Waals surface area contributed by atoms with E-state index in [4.69, 9.17) is 17.0 Å². The van der Waals surface area contributed by atoms with Gasteiger partial charge in [-0.3, -0.25) is 5.43 Å². The number of nitrogens with one attached hydrogen (secondary N) is 2. The van der Waals surface area contributed by atoms with E-state index in [0.717, 1.165) is 21.3 Å². The van der Waals surface area contributed by atoms with Crippen molar-refractivity contribution >= 4 is 39.5 Å². The molecule has 27 heavy (non-hydrogen) atoms. The molecule has 0 aliphatic heterocycles. The fraction of sp³-hybridized carbons (Fsp3) is 0.333. The van der Waals surface area contributed by atoms with Crippen LogP contribution in [-0.4, -0.2) is 17.4 Å². The van der Waals surface area contributed by atoms with Crippen molar-refractivity contribution in [3.8, 4) is 5.75 Å². The van der Waals surface area contributed by atoms with Crippen LogP contribution in [0.2, 0.25) is 0 Å². The third-order valence-corrected chi connectivity index (χ3v) is 5.46. The van der Waals surface area contributed by atoms with Gasteiger partial charge in [-0.2, -0.15) is 5.10 Å². The van der Waals surface area contributed by atoms with Crippen LogP contribution in [0.4, 0.5) is 0 Å². The molecule has 0 spiro atoms. The molecular weight excluding hydrogens is 422 g/mol. The van der Waals surface area contributed by atoms with Crippen molar-refractivity contribution in [2.24, 2.45) is 5.10 Å². The van der Waals surface area contributed by atoms with Gasteiger partial charge < -0.3 is 10.1 Å². The fourth-order valence-electron chi connectivity index (χ4n) is 3.08. The first-order valence-electron chi connectivity index (χ1n) is 9.26. The number of benzene rings is 2. The second-order valence-corrected chi connectivity index (χ2v) is 7.90. The summed E-state index contributed by atoms with van der Waals surface area (Å²) in [6.07, 6.45) is 7.97. The minimum atomic E-state index is 0.468. The molecular formula is C21H24BrN3OS. The molecule has 4 nitrogen and oxygen atoms in total. The summed E-state index contributed by atoms with van der Waals surface area (Å²) in [5.74, 6) is 0.798. The molecule has 6 heteroatoms. The number of hydrogen-bond acceptors (Lipinski definition) is 3. The molecule has 1 saturated carbocycles. The molecule has 142 valence electrons. The normalized spacial score (nSPS) is 14.9. The Labute approximate surface area is 174 Å². The third kappa shape index (κ3) is 6.63. The topological polar surface area (TPSA) is 45.7 Å². The molecule has 2 aromatic rings. The molecule has 0 amide bonds. The predicted molar refractivity (Wildman–Crippen MR) is 118 cm³/mol. The maximum absolute atomic E-state index is 5.87. The summed E-state index contributed by atoms with van der Waals surface area (Å²) in [6, 6.07) is 16.4. The van der Waals surface area contributed by atoms with Crippen LogP contribution in [0.1, 0.15) is 43.2 Å². The van der Waals surface area contributed by atoms with Gasteiger partial charge in [0, 0.05) is 16.1 Å². The van der Waals surface area contributed by atoms with Gasteiger partial charge in [-0.05, 0) is 48.8 Å². The van der Waals surface area contributed by atoms with E-state index in [1.54, 1.807) is 6.21 Å². The van der Waals surface area contributed by atoms with E-state index in [9.17, 15) is 0 Å². The monoisotopic (exact) mass is 445 g/mol. The van der Waals surface area contributed by atoms with E-state index in [1.165, 1.54) is 32.1 Å². The highest BCUT2D eigenvalue weighted by molar-refractivity contribution is 9.10. The summed E-state index contributed by atoms with van der Waals surface area (Å²) in [7, 11) is 0. The van der Waals surface area contributed by atoms with Crippen LogP contribution in [0.3, 0.4) is 0 Å². The molecule has 3 rings (SSSR count). The number of ether oxygens (including phenoxy) is 1. The Kier molecular flexibility index (Phi) is 7.66. The van der Waals surface area contributed by atoms with Crippen LogP contribution < -0.4 is 15.5 Å². The molecule has 1 aliphatic carbocycles. The van der Waals surface area contributed by atoms with Gasteiger partial charge in [0.1, 0.15) is 12.4 Å². The van der Waals surface area contributed by atoms with Crippen molar-refractivity contribution in [2.45, 2.75) is 44.8 Å². The molecule has 2 N–H and O–H groups in total. The second-order valence-electron chi connectivity index (χ2n) is 6.64. The smallest absolute Gasteiger partial charge is 0.187 e. The number of nitrogens with zero attached hydrogens (tertiary/aromatic N) is 1. The van der Waals surface area contributed by atoms with Gasteiger partial charge in [-0.15, -0.1) is 0 Å². The Morgan fingerprint density at radius 3 is 2.70 bits per heavy atom. The summed E-state index contributed by atoms with van der Waals surface area (Å²) < 4.78 is 6.82. The van der Waals surface area contributed by atoms with Crippen molar-refractivity contribution in [2.75, 3.05) is 0 Å². The van der Waals surface area contributed by atoms with Gasteiger partial charge in [0.25, 0.3) is 0 Å². The number of rotatable bonds is 6. The average Bonchev–Trinajstić information content (AvgIpc) is 2.70. The molecule has 0 saturated heterocycles. The number of thiocarbonyl (C=S) groups is 1. The van der Waals surface area contributed by atoms with E-state index < -0.39 is 0 Å². The fourth-order valence-corrected chi connectivity index (χ4v) is 3.64. The molecule has 0 heterocycles. The Morgan fingerprint density at radius 2 is 1.93 bits per heavy atom. The highest BCUT2D eigenvalue weighted by Crippen LogP contribution is 2.22. The van der Waals surface area contributed by atoms with Gasteiger partial charge in [-0.25, -0.2) is 0 Å². The highest BCUT2D eigenvalue weighted by Gasteiger charge is 2.13. The van der Waals surface area contributed by atoms with Crippen molar-refractivity contribution in [3.05, 3.63) is 64.1 Å². The zero-order valence-electron chi connectivity index (χ0n) is 15.2. The maximum atomic E-state index is 5.87. The molecule has 0 unspecified atom stereocenters. The lowest BCUT2D eigenvalue weighted by Crippen LogP contribution is -2.40. The maximum Gasteiger partial charge on any atom is 0.187 e. The van der Waals surface area contributed by atoms with E-state index in [2.05, 4.69) is 31.8 Å². The molecule has 0 bridgehead atoms. The van der Waals surface area contributed by atoms with E-state index in [0.29, 0.717) is 17.8 Å².